The van der Waals surface area contributed by atoms with Gasteiger partial charge in [0.2, 0.25) is 5.95 Å². The molecule has 7 nitrogen and oxygen atoms in total. The van der Waals surface area contributed by atoms with Gasteiger partial charge in [0.1, 0.15) is 13.2 Å². The molecule has 2 aromatic carbocycles. The molecular formula is C18H16BFN4O3. The van der Waals surface area contributed by atoms with Gasteiger partial charge in [-0.25, -0.2) is 9.37 Å². The first kappa shape index (κ1) is 17.1. The summed E-state index contributed by atoms with van der Waals surface area (Å²) in [6, 6.07) is 12.4. The van der Waals surface area contributed by atoms with Crippen molar-refractivity contribution in [1.29, 1.82) is 0 Å². The molecule has 0 saturated carbocycles. The Balaban J connectivity index is 1.55. The van der Waals surface area contributed by atoms with Crippen molar-refractivity contribution in [1.82, 2.24) is 9.97 Å². The molecule has 0 radical (unpaired) electrons. The van der Waals surface area contributed by atoms with E-state index in [1.54, 1.807) is 42.5 Å². The molecule has 1 aromatic heterocycles. The molecule has 9 heteroatoms. The van der Waals surface area contributed by atoms with Crippen molar-refractivity contribution in [3.05, 3.63) is 54.5 Å². The molecule has 27 heavy (non-hydrogen) atoms. The molecule has 0 fully saturated rings. The third-order valence-electron chi connectivity index (χ3n) is 3.91. The number of nitrogens with zero attached hydrogens (tertiary/aromatic N) is 2. The first-order valence-electron chi connectivity index (χ1n) is 8.37. The number of nitrogens with one attached hydrogen (secondary N) is 2. The molecular weight excluding hydrogens is 350 g/mol. The van der Waals surface area contributed by atoms with E-state index in [2.05, 4.69) is 20.6 Å². The van der Waals surface area contributed by atoms with Gasteiger partial charge < -0.3 is 25.1 Å². The van der Waals surface area contributed by atoms with E-state index in [-0.39, 0.29) is 19.2 Å². The highest BCUT2D eigenvalue weighted by atomic mass is 19.1. The third kappa shape index (κ3) is 3.93. The highest BCUT2D eigenvalue weighted by Crippen LogP contribution is 2.33. The van der Waals surface area contributed by atoms with E-state index in [4.69, 9.17) is 9.47 Å². The average Bonchev–Trinajstić information content (AvgIpc) is 2.70. The largest absolute Gasteiger partial charge is 0.486 e. The van der Waals surface area contributed by atoms with Crippen LogP contribution in [0.1, 0.15) is 0 Å². The van der Waals surface area contributed by atoms with Crippen molar-refractivity contribution in [2.24, 2.45) is 0 Å². The first-order valence-corrected chi connectivity index (χ1v) is 8.37. The second-order valence-corrected chi connectivity index (χ2v) is 5.86. The number of halogens is 1. The molecule has 0 spiro atoms. The molecule has 2 heterocycles. The molecule has 0 bridgehead atoms. The Morgan fingerprint density at radius 3 is 2.67 bits per heavy atom. The van der Waals surface area contributed by atoms with Crippen molar-refractivity contribution in [2.45, 2.75) is 0 Å². The average molecular weight is 366 g/mol. The van der Waals surface area contributed by atoms with Crippen LogP contribution >= 0.6 is 0 Å². The maximum atomic E-state index is 14.1. The van der Waals surface area contributed by atoms with Gasteiger partial charge in [-0.05, 0) is 24.3 Å². The first-order chi connectivity index (χ1) is 13.2. The monoisotopic (exact) mass is 366 g/mol. The lowest BCUT2D eigenvalue weighted by Gasteiger charge is -2.19. The number of hydrogen-bond acceptors (Lipinski definition) is 7. The Kier molecular flexibility index (Phi) is 4.76. The summed E-state index contributed by atoms with van der Waals surface area (Å²) in [6.07, 6.45) is 1.09. The minimum absolute atomic E-state index is 0.0279. The number of hydrogen-bond donors (Lipinski definition) is 3. The van der Waals surface area contributed by atoms with Gasteiger partial charge in [0.05, 0.1) is 6.20 Å². The molecule has 136 valence electrons. The van der Waals surface area contributed by atoms with Crippen molar-refractivity contribution in [3.8, 4) is 11.5 Å². The van der Waals surface area contributed by atoms with E-state index in [1.807, 2.05) is 0 Å². The van der Waals surface area contributed by atoms with Gasteiger partial charge in [0, 0.05) is 17.4 Å². The fourth-order valence-corrected chi connectivity index (χ4v) is 2.65. The van der Waals surface area contributed by atoms with Crippen molar-refractivity contribution >= 4 is 36.1 Å². The number of aromatic nitrogens is 2. The van der Waals surface area contributed by atoms with Gasteiger partial charge in [-0.3, -0.25) is 0 Å². The summed E-state index contributed by atoms with van der Waals surface area (Å²) < 4.78 is 25.1. The van der Waals surface area contributed by atoms with Crippen LogP contribution in [0.25, 0.3) is 0 Å². The number of benzene rings is 2. The standard InChI is InChI=1S/C18H16BFN4O3/c20-14-10-21-18(23-13-4-5-15-16(9-13)27-7-6-26-15)24-17(14)22-12-3-1-2-11(8-12)19-25/h1-5,8-10,19,25H,6-7H2,(H2,21,22,23,24). The Morgan fingerprint density at radius 2 is 1.81 bits per heavy atom. The second kappa shape index (κ2) is 7.51. The van der Waals surface area contributed by atoms with Crippen molar-refractivity contribution in [2.75, 3.05) is 23.8 Å². The minimum Gasteiger partial charge on any atom is -0.486 e. The van der Waals surface area contributed by atoms with Crippen molar-refractivity contribution < 1.29 is 18.9 Å². The van der Waals surface area contributed by atoms with Crippen LogP contribution in [0.3, 0.4) is 0 Å². The summed E-state index contributed by atoms with van der Waals surface area (Å²) in [5, 5.41) is 15.1. The van der Waals surface area contributed by atoms with Crippen LogP contribution in [0.2, 0.25) is 0 Å². The molecule has 1 aliphatic rings. The van der Waals surface area contributed by atoms with Gasteiger partial charge in [-0.2, -0.15) is 4.98 Å². The maximum Gasteiger partial charge on any atom is 0.304 e. The predicted molar refractivity (Wildman–Crippen MR) is 101 cm³/mol. The zero-order valence-corrected chi connectivity index (χ0v) is 14.3. The van der Waals surface area contributed by atoms with Gasteiger partial charge in [0.25, 0.3) is 0 Å². The van der Waals surface area contributed by atoms with Crippen LogP contribution in [0.15, 0.2) is 48.7 Å². The Labute approximate surface area is 155 Å². The van der Waals surface area contributed by atoms with Crippen LogP contribution in [0.4, 0.5) is 27.5 Å². The lowest BCUT2D eigenvalue weighted by Crippen LogP contribution is -2.15. The van der Waals surface area contributed by atoms with Gasteiger partial charge in [0.15, 0.2) is 23.1 Å². The number of anilines is 4. The van der Waals surface area contributed by atoms with Gasteiger partial charge in [-0.1, -0.05) is 17.6 Å². The summed E-state index contributed by atoms with van der Waals surface area (Å²) in [5.41, 5.74) is 2.02. The Hall–Kier alpha value is -3.33. The molecule has 0 saturated heterocycles. The summed E-state index contributed by atoms with van der Waals surface area (Å²) in [5.74, 6) is 0.983. The van der Waals surface area contributed by atoms with Crippen LogP contribution in [-0.2, 0) is 0 Å². The molecule has 4 rings (SSSR count). The lowest BCUT2D eigenvalue weighted by molar-refractivity contribution is 0.171. The highest BCUT2D eigenvalue weighted by Gasteiger charge is 2.13. The van der Waals surface area contributed by atoms with E-state index in [9.17, 15) is 9.41 Å². The Morgan fingerprint density at radius 1 is 1.00 bits per heavy atom. The smallest absolute Gasteiger partial charge is 0.304 e. The SMILES string of the molecule is OBc1cccc(Nc2nc(Nc3ccc4c(c3)OCCO4)ncc2F)c1. The van der Waals surface area contributed by atoms with Crippen LogP contribution < -0.4 is 25.6 Å². The Bertz CT molecular complexity index is 973. The van der Waals surface area contributed by atoms with Crippen molar-refractivity contribution in [3.63, 3.8) is 0 Å². The van der Waals surface area contributed by atoms with Gasteiger partial charge >= 0.3 is 7.48 Å². The lowest BCUT2D eigenvalue weighted by atomic mass is 9.89. The summed E-state index contributed by atoms with van der Waals surface area (Å²) in [7, 11) is -0.0985. The zero-order valence-electron chi connectivity index (χ0n) is 14.3. The summed E-state index contributed by atoms with van der Waals surface area (Å²) >= 11 is 0. The summed E-state index contributed by atoms with van der Waals surface area (Å²) in [6.45, 7) is 1.01. The fourth-order valence-electron chi connectivity index (χ4n) is 2.65. The predicted octanol–water partition coefficient (Wildman–Crippen LogP) is 1.84. The molecule has 3 aromatic rings. The van der Waals surface area contributed by atoms with E-state index in [0.717, 1.165) is 6.20 Å². The molecule has 0 atom stereocenters. The molecule has 0 amide bonds. The summed E-state index contributed by atoms with van der Waals surface area (Å²) in [4.78, 5) is 8.16. The molecule has 1 aliphatic heterocycles. The topological polar surface area (TPSA) is 88.5 Å². The number of ether oxygens (including phenoxy) is 2. The normalized spacial score (nSPS) is 12.4. The zero-order chi connectivity index (χ0) is 18.6. The number of rotatable bonds is 5. The highest BCUT2D eigenvalue weighted by molar-refractivity contribution is 6.45. The molecule has 0 aliphatic carbocycles. The fraction of sp³-hybridized carbons (Fsp3) is 0.111. The minimum atomic E-state index is -0.586. The van der Waals surface area contributed by atoms with E-state index < -0.39 is 5.82 Å². The molecule has 3 N–H and O–H groups in total. The number of fused-ring (bicyclic) bond motifs is 1. The van der Waals surface area contributed by atoms with Gasteiger partial charge in [-0.15, -0.1) is 0 Å². The van der Waals surface area contributed by atoms with Crippen LogP contribution in [0.5, 0.6) is 11.5 Å². The van der Waals surface area contributed by atoms with E-state index in [0.29, 0.717) is 41.6 Å². The van der Waals surface area contributed by atoms with Crippen LogP contribution in [0, 0.1) is 5.82 Å². The second-order valence-electron chi connectivity index (χ2n) is 5.86. The van der Waals surface area contributed by atoms with Crippen LogP contribution in [-0.4, -0.2) is 35.7 Å². The molecule has 0 unspecified atom stereocenters. The van der Waals surface area contributed by atoms with E-state index in [1.165, 1.54) is 0 Å². The third-order valence-corrected chi connectivity index (χ3v) is 3.91. The van der Waals surface area contributed by atoms with E-state index >= 15 is 0 Å². The quantitative estimate of drug-likeness (QED) is 0.594. The maximum absolute atomic E-state index is 14.1.